The molecule has 1 aliphatic carbocycles. The van der Waals surface area contributed by atoms with Gasteiger partial charge in [0.25, 0.3) is 5.91 Å². The van der Waals surface area contributed by atoms with Crippen molar-refractivity contribution >= 4 is 17.1 Å². The molecule has 1 saturated carbocycles. The Kier molecular flexibility index (Phi) is 6.55. The van der Waals surface area contributed by atoms with Gasteiger partial charge in [0.15, 0.2) is 0 Å². The van der Waals surface area contributed by atoms with E-state index in [2.05, 4.69) is 20.1 Å². The Hall–Kier alpha value is -3.27. The fourth-order valence-corrected chi connectivity index (χ4v) is 5.18. The summed E-state index contributed by atoms with van der Waals surface area (Å²) < 4.78 is 45.6. The number of aliphatic hydroxyl groups is 1. The monoisotopic (exact) mass is 488 g/mol. The number of halogens is 3. The number of nitrogens with zero attached hydrogens (tertiary/aromatic N) is 3. The summed E-state index contributed by atoms with van der Waals surface area (Å²) >= 11 is 0. The lowest BCUT2D eigenvalue weighted by Gasteiger charge is -2.28. The fraction of sp³-hybridized carbons (Fsp3) is 0.440. The van der Waals surface area contributed by atoms with Gasteiger partial charge in [0.1, 0.15) is 11.6 Å². The number of carbonyl (C=O) groups is 1. The molecule has 1 aromatic carbocycles. The lowest BCUT2D eigenvalue weighted by Crippen LogP contribution is -2.38. The number of anilines is 1. The largest absolute Gasteiger partial charge is 0.435 e. The molecular weight excluding hydrogens is 461 g/mol. The molecule has 2 fully saturated rings. The highest BCUT2D eigenvalue weighted by atomic mass is 19.3. The van der Waals surface area contributed by atoms with Gasteiger partial charge in [-0.15, -0.1) is 0 Å². The minimum absolute atomic E-state index is 0.0182. The third-order valence-electron chi connectivity index (χ3n) is 6.87. The second-order valence-corrected chi connectivity index (χ2v) is 9.20. The summed E-state index contributed by atoms with van der Waals surface area (Å²) in [5, 5.41) is 17.1. The smallest absolute Gasteiger partial charge is 0.387 e. The van der Waals surface area contributed by atoms with Crippen molar-refractivity contribution in [1.29, 1.82) is 0 Å². The normalized spacial score (nSPS) is 22.7. The highest BCUT2D eigenvalue weighted by Gasteiger charge is 2.29. The van der Waals surface area contributed by atoms with Crippen LogP contribution in [0.3, 0.4) is 0 Å². The number of carbonyl (C=O) groups excluding carboxylic acids is 1. The third kappa shape index (κ3) is 5.07. The predicted molar refractivity (Wildman–Crippen MR) is 123 cm³/mol. The fourth-order valence-electron chi connectivity index (χ4n) is 5.18. The molecule has 3 aromatic rings. The summed E-state index contributed by atoms with van der Waals surface area (Å²) in [5.41, 5.74) is 2.48. The van der Waals surface area contributed by atoms with E-state index < -0.39 is 12.4 Å². The van der Waals surface area contributed by atoms with Crippen molar-refractivity contribution in [1.82, 2.24) is 14.9 Å². The van der Waals surface area contributed by atoms with Gasteiger partial charge in [0, 0.05) is 30.5 Å². The predicted octanol–water partition coefficient (Wildman–Crippen LogP) is 4.45. The van der Waals surface area contributed by atoms with Crippen LogP contribution in [0.2, 0.25) is 0 Å². The summed E-state index contributed by atoms with van der Waals surface area (Å²) in [7, 11) is 0. The summed E-state index contributed by atoms with van der Waals surface area (Å²) in [4.78, 5) is 15.1. The molecular formula is C25H27F3N4O3. The molecule has 0 bridgehead atoms. The highest BCUT2D eigenvalue weighted by Crippen LogP contribution is 2.38. The Morgan fingerprint density at radius 1 is 1.14 bits per heavy atom. The Bertz CT molecular complexity index is 1210. The standard InChI is InChI=1S/C25H27F3N4O3/c26-16-10-15(11-20(12-16)35-25(27)28)22-2-1-8-31(22)18-7-9-32-23(13-18)21(14-29-32)24(34)30-17-3-5-19(33)6-4-17/h7,9-14,17,19,22,25,33H,1-6,8H2,(H,30,34). The lowest BCUT2D eigenvalue weighted by atomic mass is 9.93. The number of rotatable bonds is 6. The second-order valence-electron chi connectivity index (χ2n) is 9.20. The van der Waals surface area contributed by atoms with Gasteiger partial charge < -0.3 is 20.1 Å². The minimum atomic E-state index is -3.03. The number of aromatic nitrogens is 2. The van der Waals surface area contributed by atoms with E-state index in [1.165, 1.54) is 18.3 Å². The molecule has 1 aliphatic heterocycles. The molecule has 2 aliphatic rings. The first kappa shape index (κ1) is 23.5. The molecule has 186 valence electrons. The summed E-state index contributed by atoms with van der Waals surface area (Å²) in [6.07, 6.45) is 7.39. The number of benzene rings is 1. The van der Waals surface area contributed by atoms with Crippen molar-refractivity contribution in [2.75, 3.05) is 11.4 Å². The average Bonchev–Trinajstić information content (AvgIpc) is 3.46. The van der Waals surface area contributed by atoms with Crippen LogP contribution in [0.4, 0.5) is 18.9 Å². The maximum absolute atomic E-state index is 14.2. The van der Waals surface area contributed by atoms with Crippen LogP contribution in [0.25, 0.3) is 5.52 Å². The van der Waals surface area contributed by atoms with Crippen molar-refractivity contribution in [3.63, 3.8) is 0 Å². The van der Waals surface area contributed by atoms with E-state index >= 15 is 0 Å². The number of hydrogen-bond donors (Lipinski definition) is 2. The van der Waals surface area contributed by atoms with E-state index in [0.29, 0.717) is 36.0 Å². The number of ether oxygens (including phenoxy) is 1. The zero-order chi connectivity index (χ0) is 24.5. The van der Waals surface area contributed by atoms with E-state index in [-0.39, 0.29) is 29.8 Å². The zero-order valence-electron chi connectivity index (χ0n) is 19.0. The number of pyridine rings is 1. The summed E-state index contributed by atoms with van der Waals surface area (Å²) in [6.45, 7) is -2.33. The molecule has 10 heteroatoms. The molecule has 2 N–H and O–H groups in total. The number of amides is 1. The van der Waals surface area contributed by atoms with E-state index in [1.807, 2.05) is 12.1 Å². The van der Waals surface area contributed by atoms with Gasteiger partial charge in [-0.2, -0.15) is 13.9 Å². The van der Waals surface area contributed by atoms with E-state index in [9.17, 15) is 23.1 Å². The topological polar surface area (TPSA) is 79.1 Å². The van der Waals surface area contributed by atoms with E-state index in [1.54, 1.807) is 10.7 Å². The SMILES string of the molecule is O=C(NC1CCC(O)CC1)c1cnn2ccc(N3CCCC3c3cc(F)cc(OC(F)F)c3)cc12. The maximum Gasteiger partial charge on any atom is 0.387 e. The van der Waals surface area contributed by atoms with Gasteiger partial charge in [-0.3, -0.25) is 4.79 Å². The molecule has 1 amide bonds. The van der Waals surface area contributed by atoms with Gasteiger partial charge in [0.05, 0.1) is 29.4 Å². The number of nitrogens with one attached hydrogen (secondary N) is 1. The third-order valence-corrected chi connectivity index (χ3v) is 6.87. The van der Waals surface area contributed by atoms with Crippen molar-refractivity contribution in [3.05, 3.63) is 59.7 Å². The van der Waals surface area contributed by atoms with Crippen LogP contribution in [0.1, 0.15) is 60.5 Å². The van der Waals surface area contributed by atoms with Gasteiger partial charge in [-0.1, -0.05) is 0 Å². The van der Waals surface area contributed by atoms with Gasteiger partial charge in [-0.25, -0.2) is 8.91 Å². The quantitative estimate of drug-likeness (QED) is 0.536. The molecule has 1 saturated heterocycles. The molecule has 1 atom stereocenters. The van der Waals surface area contributed by atoms with Gasteiger partial charge in [0.2, 0.25) is 0 Å². The van der Waals surface area contributed by atoms with Crippen molar-refractivity contribution in [2.24, 2.45) is 0 Å². The second kappa shape index (κ2) is 9.77. The zero-order valence-corrected chi connectivity index (χ0v) is 19.0. The van der Waals surface area contributed by atoms with Crippen LogP contribution < -0.4 is 15.0 Å². The Balaban J connectivity index is 1.40. The van der Waals surface area contributed by atoms with E-state index in [4.69, 9.17) is 0 Å². The van der Waals surface area contributed by atoms with Crippen LogP contribution in [0.15, 0.2) is 42.7 Å². The van der Waals surface area contributed by atoms with Crippen LogP contribution in [-0.2, 0) is 0 Å². The van der Waals surface area contributed by atoms with Crippen LogP contribution >= 0.6 is 0 Å². The first-order valence-corrected chi connectivity index (χ1v) is 11.9. The van der Waals surface area contributed by atoms with Crippen molar-refractivity contribution in [2.45, 2.75) is 63.3 Å². The Morgan fingerprint density at radius 3 is 2.71 bits per heavy atom. The Labute approximate surface area is 200 Å². The Morgan fingerprint density at radius 2 is 1.94 bits per heavy atom. The van der Waals surface area contributed by atoms with Crippen LogP contribution in [0.5, 0.6) is 5.75 Å². The lowest BCUT2D eigenvalue weighted by molar-refractivity contribution is -0.0500. The van der Waals surface area contributed by atoms with Crippen molar-refractivity contribution in [3.8, 4) is 5.75 Å². The first-order valence-electron chi connectivity index (χ1n) is 11.9. The number of fused-ring (bicyclic) bond motifs is 1. The molecule has 0 spiro atoms. The van der Waals surface area contributed by atoms with Crippen molar-refractivity contribution < 1.29 is 27.8 Å². The molecule has 3 heterocycles. The highest BCUT2D eigenvalue weighted by molar-refractivity contribution is 6.01. The summed E-state index contributed by atoms with van der Waals surface area (Å²) in [5.74, 6) is -1.05. The molecule has 2 aromatic heterocycles. The minimum Gasteiger partial charge on any atom is -0.435 e. The van der Waals surface area contributed by atoms with Gasteiger partial charge in [-0.05, 0) is 68.4 Å². The number of alkyl halides is 2. The molecule has 1 unspecified atom stereocenters. The number of aliphatic hydroxyl groups excluding tert-OH is 1. The average molecular weight is 489 g/mol. The first-order chi connectivity index (χ1) is 16.9. The van der Waals surface area contributed by atoms with Gasteiger partial charge >= 0.3 is 6.61 Å². The molecule has 7 nitrogen and oxygen atoms in total. The molecule has 0 radical (unpaired) electrons. The molecule has 5 rings (SSSR count). The summed E-state index contributed by atoms with van der Waals surface area (Å²) in [6, 6.07) is 7.30. The van der Waals surface area contributed by atoms with E-state index in [0.717, 1.165) is 37.4 Å². The maximum atomic E-state index is 14.2. The van der Waals surface area contributed by atoms with Crippen LogP contribution in [-0.4, -0.2) is 45.9 Å². The molecule has 35 heavy (non-hydrogen) atoms. The number of hydrogen-bond acceptors (Lipinski definition) is 5. The van der Waals surface area contributed by atoms with Crippen LogP contribution in [0, 0.1) is 5.82 Å².